The number of aliphatic hydroxyl groups is 1. The van der Waals surface area contributed by atoms with E-state index in [1.54, 1.807) is 0 Å². The van der Waals surface area contributed by atoms with Crippen molar-refractivity contribution in [3.8, 4) is 0 Å². The van der Waals surface area contributed by atoms with Gasteiger partial charge < -0.3 is 10.0 Å². The van der Waals surface area contributed by atoms with Gasteiger partial charge in [0, 0.05) is 18.5 Å². The minimum absolute atomic E-state index is 0.356. The Morgan fingerprint density at radius 1 is 1.78 bits per heavy atom. The molecule has 0 amide bonds. The first-order chi connectivity index (χ1) is 4.27. The SMILES string of the molecule is CN1C[C@@H]2C[C@]2(CO)C1. The van der Waals surface area contributed by atoms with E-state index in [2.05, 4.69) is 11.9 Å². The molecule has 0 bridgehead atoms. The van der Waals surface area contributed by atoms with Crippen molar-refractivity contribution in [1.29, 1.82) is 0 Å². The van der Waals surface area contributed by atoms with Crippen molar-refractivity contribution in [2.75, 3.05) is 26.7 Å². The molecule has 0 aromatic rings. The summed E-state index contributed by atoms with van der Waals surface area (Å²) in [6.07, 6.45) is 1.27. The minimum atomic E-state index is 0.356. The van der Waals surface area contributed by atoms with Gasteiger partial charge in [-0.05, 0) is 19.4 Å². The normalized spacial score (nSPS) is 49.3. The summed E-state index contributed by atoms with van der Waals surface area (Å²) in [7, 11) is 2.13. The van der Waals surface area contributed by atoms with Gasteiger partial charge in [-0.2, -0.15) is 0 Å². The van der Waals surface area contributed by atoms with Gasteiger partial charge in [0.1, 0.15) is 0 Å². The zero-order valence-electron chi connectivity index (χ0n) is 5.80. The number of likely N-dealkylation sites (tertiary alicyclic amines) is 1. The van der Waals surface area contributed by atoms with Gasteiger partial charge in [-0.3, -0.25) is 0 Å². The average molecular weight is 127 g/mol. The van der Waals surface area contributed by atoms with Crippen molar-refractivity contribution >= 4 is 0 Å². The summed E-state index contributed by atoms with van der Waals surface area (Å²) in [5, 5.41) is 8.96. The molecule has 0 aromatic carbocycles. The summed E-state index contributed by atoms with van der Waals surface area (Å²) < 4.78 is 0. The van der Waals surface area contributed by atoms with Gasteiger partial charge in [0.2, 0.25) is 0 Å². The summed E-state index contributed by atoms with van der Waals surface area (Å²) in [6.45, 7) is 2.73. The van der Waals surface area contributed by atoms with E-state index < -0.39 is 0 Å². The monoisotopic (exact) mass is 127 g/mol. The molecule has 2 nitrogen and oxygen atoms in total. The largest absolute Gasteiger partial charge is 0.396 e. The van der Waals surface area contributed by atoms with Crippen LogP contribution in [0.1, 0.15) is 6.42 Å². The Morgan fingerprint density at radius 3 is 2.89 bits per heavy atom. The quantitative estimate of drug-likeness (QED) is 0.533. The third kappa shape index (κ3) is 0.634. The van der Waals surface area contributed by atoms with Crippen molar-refractivity contribution in [3.63, 3.8) is 0 Å². The molecule has 2 aliphatic rings. The van der Waals surface area contributed by atoms with Crippen LogP contribution in [0.15, 0.2) is 0 Å². The Hall–Kier alpha value is -0.0800. The summed E-state index contributed by atoms with van der Waals surface area (Å²) in [5.74, 6) is 0.826. The van der Waals surface area contributed by atoms with E-state index >= 15 is 0 Å². The smallest absolute Gasteiger partial charge is 0.0502 e. The second kappa shape index (κ2) is 1.50. The fraction of sp³-hybridized carbons (Fsp3) is 1.00. The molecule has 1 saturated heterocycles. The molecule has 2 atom stereocenters. The molecule has 1 saturated carbocycles. The third-order valence-electron chi connectivity index (χ3n) is 2.79. The molecule has 1 aliphatic carbocycles. The fourth-order valence-electron chi connectivity index (χ4n) is 2.11. The predicted molar refractivity (Wildman–Crippen MR) is 35.1 cm³/mol. The summed E-state index contributed by atoms with van der Waals surface area (Å²) in [5.41, 5.74) is 0.356. The van der Waals surface area contributed by atoms with Crippen LogP contribution in [0.2, 0.25) is 0 Å². The lowest BCUT2D eigenvalue weighted by atomic mass is 10.1. The van der Waals surface area contributed by atoms with Crippen LogP contribution in [0.3, 0.4) is 0 Å². The van der Waals surface area contributed by atoms with Crippen LogP contribution >= 0.6 is 0 Å². The minimum Gasteiger partial charge on any atom is -0.396 e. The van der Waals surface area contributed by atoms with E-state index in [0.29, 0.717) is 12.0 Å². The van der Waals surface area contributed by atoms with Crippen LogP contribution < -0.4 is 0 Å². The molecule has 1 aliphatic heterocycles. The molecule has 2 fully saturated rings. The topological polar surface area (TPSA) is 23.5 Å². The maximum absolute atomic E-state index is 8.96. The molecule has 2 rings (SSSR count). The van der Waals surface area contributed by atoms with Crippen molar-refractivity contribution in [2.24, 2.45) is 11.3 Å². The van der Waals surface area contributed by atoms with Gasteiger partial charge in [0.25, 0.3) is 0 Å². The highest BCUT2D eigenvalue weighted by molar-refractivity contribution is 5.09. The Labute approximate surface area is 55.5 Å². The van der Waals surface area contributed by atoms with Crippen molar-refractivity contribution in [1.82, 2.24) is 4.90 Å². The number of piperidine rings is 1. The van der Waals surface area contributed by atoms with E-state index in [9.17, 15) is 0 Å². The standard InChI is InChI=1S/C7H13NO/c1-8-3-6-2-7(6,4-8)5-9/h6,9H,2-5H2,1H3/t6-,7+/m0/s1. The maximum atomic E-state index is 8.96. The van der Waals surface area contributed by atoms with Crippen molar-refractivity contribution < 1.29 is 5.11 Å². The molecule has 52 valence electrons. The molecule has 2 heteroatoms. The number of rotatable bonds is 1. The highest BCUT2D eigenvalue weighted by atomic mass is 16.3. The molecule has 0 radical (unpaired) electrons. The predicted octanol–water partition coefficient (Wildman–Crippen LogP) is -0.0696. The van der Waals surface area contributed by atoms with Crippen molar-refractivity contribution in [3.05, 3.63) is 0 Å². The lowest BCUT2D eigenvalue weighted by Gasteiger charge is -2.12. The van der Waals surface area contributed by atoms with Gasteiger partial charge in [-0.15, -0.1) is 0 Å². The lowest BCUT2D eigenvalue weighted by Crippen LogP contribution is -2.21. The van der Waals surface area contributed by atoms with Crippen LogP contribution in [0.25, 0.3) is 0 Å². The van der Waals surface area contributed by atoms with Gasteiger partial charge >= 0.3 is 0 Å². The zero-order valence-corrected chi connectivity index (χ0v) is 5.80. The van der Waals surface area contributed by atoms with Crippen LogP contribution in [-0.4, -0.2) is 36.8 Å². The van der Waals surface area contributed by atoms with Crippen molar-refractivity contribution in [2.45, 2.75) is 6.42 Å². The second-order valence-corrected chi connectivity index (χ2v) is 3.62. The van der Waals surface area contributed by atoms with Gasteiger partial charge in [-0.1, -0.05) is 0 Å². The Bertz CT molecular complexity index is 133. The number of aliphatic hydroxyl groups excluding tert-OH is 1. The van der Waals surface area contributed by atoms with Crippen LogP contribution in [0.5, 0.6) is 0 Å². The Kier molecular flexibility index (Phi) is 0.945. The van der Waals surface area contributed by atoms with Crippen LogP contribution in [-0.2, 0) is 0 Å². The molecule has 1 N–H and O–H groups in total. The van der Waals surface area contributed by atoms with Crippen LogP contribution in [0, 0.1) is 11.3 Å². The molecule has 1 heterocycles. The fourth-order valence-corrected chi connectivity index (χ4v) is 2.11. The number of hydrogen-bond donors (Lipinski definition) is 1. The van der Waals surface area contributed by atoms with Gasteiger partial charge in [0.05, 0.1) is 6.61 Å². The molecule has 0 aromatic heterocycles. The van der Waals surface area contributed by atoms with E-state index in [-0.39, 0.29) is 0 Å². The van der Waals surface area contributed by atoms with Gasteiger partial charge in [0.15, 0.2) is 0 Å². The Morgan fingerprint density at radius 2 is 2.56 bits per heavy atom. The highest BCUT2D eigenvalue weighted by Gasteiger charge is 2.58. The zero-order chi connectivity index (χ0) is 6.48. The molecule has 9 heavy (non-hydrogen) atoms. The molecule has 0 spiro atoms. The van der Waals surface area contributed by atoms with E-state index in [1.165, 1.54) is 13.0 Å². The first-order valence-electron chi connectivity index (χ1n) is 3.56. The Balaban J connectivity index is 2.05. The summed E-state index contributed by atoms with van der Waals surface area (Å²) in [4.78, 5) is 2.31. The molecule has 0 unspecified atom stereocenters. The third-order valence-corrected chi connectivity index (χ3v) is 2.79. The van der Waals surface area contributed by atoms with E-state index in [1.807, 2.05) is 0 Å². The summed E-state index contributed by atoms with van der Waals surface area (Å²) in [6, 6.07) is 0. The van der Waals surface area contributed by atoms with Crippen LogP contribution in [0.4, 0.5) is 0 Å². The average Bonchev–Trinajstić information content (AvgIpc) is 2.38. The first kappa shape index (κ1) is 5.69. The first-order valence-corrected chi connectivity index (χ1v) is 3.56. The van der Waals surface area contributed by atoms with E-state index in [4.69, 9.17) is 5.11 Å². The second-order valence-electron chi connectivity index (χ2n) is 3.62. The maximum Gasteiger partial charge on any atom is 0.0502 e. The summed E-state index contributed by atoms with van der Waals surface area (Å²) >= 11 is 0. The lowest BCUT2D eigenvalue weighted by molar-refractivity contribution is 0.196. The highest BCUT2D eigenvalue weighted by Crippen LogP contribution is 2.56. The number of nitrogens with zero attached hydrogens (tertiary/aromatic N) is 1. The number of fused-ring (bicyclic) bond motifs is 1. The molecular weight excluding hydrogens is 114 g/mol. The van der Waals surface area contributed by atoms with Gasteiger partial charge in [-0.25, -0.2) is 0 Å². The molecular formula is C7H13NO. The van der Waals surface area contributed by atoms with E-state index in [0.717, 1.165) is 12.5 Å². The number of hydrogen-bond acceptors (Lipinski definition) is 2.